The monoisotopic (exact) mass is 372 g/mol. The lowest BCUT2D eigenvalue weighted by Crippen LogP contribution is -2.21. The maximum absolute atomic E-state index is 12.0. The molecule has 0 saturated carbocycles. The maximum atomic E-state index is 12.0. The lowest BCUT2D eigenvalue weighted by atomic mass is 9.89. The van der Waals surface area contributed by atoms with Crippen LogP contribution in [0.25, 0.3) is 0 Å². The molecule has 0 aliphatic carbocycles. The average molecular weight is 373 g/mol. The van der Waals surface area contributed by atoms with E-state index in [9.17, 15) is 4.79 Å². The van der Waals surface area contributed by atoms with Gasteiger partial charge in [-0.3, -0.25) is 0 Å². The molecule has 1 aromatic rings. The van der Waals surface area contributed by atoms with Crippen molar-refractivity contribution in [3.05, 3.63) is 35.4 Å². The third kappa shape index (κ3) is 7.31. The van der Waals surface area contributed by atoms with Gasteiger partial charge in [-0.1, -0.05) is 109 Å². The highest BCUT2D eigenvalue weighted by molar-refractivity contribution is 5.94. The molecule has 152 valence electrons. The van der Waals surface area contributed by atoms with Crippen molar-refractivity contribution in [3.63, 3.8) is 0 Å². The summed E-state index contributed by atoms with van der Waals surface area (Å²) in [5.74, 6) is -0.154. The molecular weight excluding hydrogens is 332 g/mol. The van der Waals surface area contributed by atoms with E-state index in [1.165, 1.54) is 83.5 Å². The molecule has 0 fully saturated rings. The number of esters is 1. The molecule has 0 saturated heterocycles. The van der Waals surface area contributed by atoms with E-state index < -0.39 is 5.60 Å². The van der Waals surface area contributed by atoms with E-state index in [-0.39, 0.29) is 5.97 Å². The minimum absolute atomic E-state index is 0.154. The van der Waals surface area contributed by atoms with Gasteiger partial charge in [0.15, 0.2) is 0 Å². The Bertz CT molecular complexity index is 551. The van der Waals surface area contributed by atoms with Gasteiger partial charge in [0.1, 0.15) is 5.60 Å². The lowest BCUT2D eigenvalue weighted by molar-refractivity contribution is -0.00419. The second-order valence-corrected chi connectivity index (χ2v) is 8.51. The number of carbonyl (C=O) groups is 1. The van der Waals surface area contributed by atoms with Crippen LogP contribution in [-0.2, 0) is 10.3 Å². The van der Waals surface area contributed by atoms with Crippen LogP contribution in [0.15, 0.2) is 24.3 Å². The van der Waals surface area contributed by atoms with Crippen LogP contribution in [0.1, 0.15) is 126 Å². The number of hydrogen-bond acceptors (Lipinski definition) is 2. The highest BCUT2D eigenvalue weighted by atomic mass is 16.6. The molecule has 2 heteroatoms. The number of cyclic esters (lactones) is 1. The molecule has 0 radical (unpaired) electrons. The van der Waals surface area contributed by atoms with Gasteiger partial charge in [0.25, 0.3) is 0 Å². The Hall–Kier alpha value is -1.31. The topological polar surface area (TPSA) is 26.3 Å². The molecule has 0 spiro atoms. The summed E-state index contributed by atoms with van der Waals surface area (Å²) in [6, 6.07) is 7.85. The summed E-state index contributed by atoms with van der Waals surface area (Å²) in [5.41, 5.74) is 1.42. The zero-order chi connectivity index (χ0) is 19.4. The van der Waals surface area contributed by atoms with E-state index in [4.69, 9.17) is 4.74 Å². The number of ether oxygens (including phenoxy) is 1. The van der Waals surface area contributed by atoms with Gasteiger partial charge < -0.3 is 4.74 Å². The smallest absolute Gasteiger partial charge is 0.339 e. The molecule has 1 aliphatic rings. The van der Waals surface area contributed by atoms with Gasteiger partial charge in [-0.05, 0) is 25.8 Å². The fourth-order valence-corrected chi connectivity index (χ4v) is 4.28. The van der Waals surface area contributed by atoms with E-state index in [1.54, 1.807) is 0 Å². The van der Waals surface area contributed by atoms with Gasteiger partial charge in [-0.15, -0.1) is 0 Å². The summed E-state index contributed by atoms with van der Waals surface area (Å²) in [4.78, 5) is 12.0. The molecule has 27 heavy (non-hydrogen) atoms. The number of carbonyl (C=O) groups excluding carboxylic acids is 1. The second-order valence-electron chi connectivity index (χ2n) is 8.51. The van der Waals surface area contributed by atoms with E-state index in [0.29, 0.717) is 0 Å². The molecule has 1 unspecified atom stereocenters. The molecule has 0 amide bonds. The van der Waals surface area contributed by atoms with Crippen LogP contribution in [-0.4, -0.2) is 5.97 Å². The van der Waals surface area contributed by atoms with Gasteiger partial charge in [0.05, 0.1) is 5.56 Å². The number of hydrogen-bond donors (Lipinski definition) is 0. The number of unbranched alkanes of at least 4 members (excludes halogenated alkanes) is 13. The van der Waals surface area contributed by atoms with Crippen LogP contribution in [0.3, 0.4) is 0 Å². The predicted octanol–water partition coefficient (Wildman–Crippen LogP) is 7.94. The molecule has 1 heterocycles. The quantitative estimate of drug-likeness (QED) is 0.231. The summed E-state index contributed by atoms with van der Waals surface area (Å²) in [7, 11) is 0. The number of rotatable bonds is 15. The summed E-state index contributed by atoms with van der Waals surface area (Å²) in [5, 5.41) is 0. The lowest BCUT2D eigenvalue weighted by Gasteiger charge is -2.24. The van der Waals surface area contributed by atoms with Crippen molar-refractivity contribution in [1.82, 2.24) is 0 Å². The molecule has 1 aliphatic heterocycles. The minimum Gasteiger partial charge on any atom is -0.451 e. The normalized spacial score (nSPS) is 18.5. The molecule has 1 atom stereocenters. The van der Waals surface area contributed by atoms with Crippen LogP contribution in [0.5, 0.6) is 0 Å². The first-order valence-corrected chi connectivity index (χ1v) is 11.5. The molecule has 0 N–H and O–H groups in total. The Balaban J connectivity index is 1.45. The Morgan fingerprint density at radius 2 is 1.22 bits per heavy atom. The Morgan fingerprint density at radius 1 is 0.741 bits per heavy atom. The van der Waals surface area contributed by atoms with Crippen molar-refractivity contribution in [2.75, 3.05) is 0 Å². The van der Waals surface area contributed by atoms with Gasteiger partial charge >= 0.3 is 5.97 Å². The summed E-state index contributed by atoms with van der Waals surface area (Å²) < 4.78 is 5.69. The molecule has 2 rings (SSSR count). The van der Waals surface area contributed by atoms with E-state index in [2.05, 4.69) is 13.8 Å². The third-order valence-electron chi connectivity index (χ3n) is 6.04. The zero-order valence-corrected chi connectivity index (χ0v) is 17.7. The molecule has 1 aromatic carbocycles. The summed E-state index contributed by atoms with van der Waals surface area (Å²) in [6.07, 6.45) is 20.1. The highest BCUT2D eigenvalue weighted by Gasteiger charge is 2.40. The zero-order valence-electron chi connectivity index (χ0n) is 17.7. The predicted molar refractivity (Wildman–Crippen MR) is 114 cm³/mol. The Morgan fingerprint density at radius 3 is 1.78 bits per heavy atom. The average Bonchev–Trinajstić information content (AvgIpc) is 2.93. The van der Waals surface area contributed by atoms with Crippen LogP contribution >= 0.6 is 0 Å². The van der Waals surface area contributed by atoms with Crippen LogP contribution < -0.4 is 0 Å². The first kappa shape index (κ1) is 22.0. The molecule has 0 bridgehead atoms. The van der Waals surface area contributed by atoms with E-state index in [1.807, 2.05) is 24.3 Å². The van der Waals surface area contributed by atoms with Crippen molar-refractivity contribution in [2.45, 2.75) is 116 Å². The minimum atomic E-state index is -0.412. The summed E-state index contributed by atoms with van der Waals surface area (Å²) in [6.45, 7) is 4.35. The fourth-order valence-electron chi connectivity index (χ4n) is 4.28. The van der Waals surface area contributed by atoms with Crippen LogP contribution in [0, 0.1) is 0 Å². The summed E-state index contributed by atoms with van der Waals surface area (Å²) >= 11 is 0. The number of fused-ring (bicyclic) bond motifs is 1. The second kappa shape index (κ2) is 12.2. The Kier molecular flexibility index (Phi) is 9.94. The first-order chi connectivity index (χ1) is 13.2. The van der Waals surface area contributed by atoms with E-state index >= 15 is 0 Å². The molecular formula is C25H40O2. The standard InChI is InChI=1S/C25H40O2/c1-3-4-5-6-7-8-9-10-11-12-13-14-15-18-21-25(2)23-20-17-16-19-22(23)24(26)27-25/h16-17,19-20H,3-15,18,21H2,1-2H3. The molecule has 2 nitrogen and oxygen atoms in total. The largest absolute Gasteiger partial charge is 0.451 e. The van der Waals surface area contributed by atoms with Gasteiger partial charge in [0.2, 0.25) is 0 Å². The number of benzene rings is 1. The van der Waals surface area contributed by atoms with Crippen LogP contribution in [0.4, 0.5) is 0 Å². The van der Waals surface area contributed by atoms with Crippen molar-refractivity contribution in [1.29, 1.82) is 0 Å². The van der Waals surface area contributed by atoms with Gasteiger partial charge in [-0.25, -0.2) is 4.79 Å². The van der Waals surface area contributed by atoms with Gasteiger partial charge in [-0.2, -0.15) is 0 Å². The van der Waals surface area contributed by atoms with Crippen molar-refractivity contribution < 1.29 is 9.53 Å². The highest BCUT2D eigenvalue weighted by Crippen LogP contribution is 2.39. The fraction of sp³-hybridized carbons (Fsp3) is 0.720. The van der Waals surface area contributed by atoms with Crippen molar-refractivity contribution in [2.24, 2.45) is 0 Å². The van der Waals surface area contributed by atoms with E-state index in [0.717, 1.165) is 24.0 Å². The molecule has 0 aromatic heterocycles. The SMILES string of the molecule is CCCCCCCCCCCCCCCCC1(C)OC(=O)c2ccccc21. The third-order valence-corrected chi connectivity index (χ3v) is 6.04. The van der Waals surface area contributed by atoms with Crippen LogP contribution in [0.2, 0.25) is 0 Å². The van der Waals surface area contributed by atoms with Gasteiger partial charge in [0, 0.05) is 5.56 Å². The van der Waals surface area contributed by atoms with Crippen molar-refractivity contribution >= 4 is 5.97 Å². The van der Waals surface area contributed by atoms with Crippen molar-refractivity contribution in [3.8, 4) is 0 Å². The maximum Gasteiger partial charge on any atom is 0.339 e. The Labute approximate surface area is 167 Å². The first-order valence-electron chi connectivity index (χ1n) is 11.5.